The van der Waals surface area contributed by atoms with Crippen LogP contribution < -0.4 is 10.9 Å². The largest absolute Gasteiger partial charge is 0.465 e. The molecule has 0 saturated heterocycles. The van der Waals surface area contributed by atoms with E-state index in [0.717, 1.165) is 22.4 Å². The number of fused-ring (bicyclic) bond motifs is 1. The summed E-state index contributed by atoms with van der Waals surface area (Å²) in [4.78, 5) is 24.1. The summed E-state index contributed by atoms with van der Waals surface area (Å²) in [6.07, 6.45) is 1.72. The second kappa shape index (κ2) is 9.03. The molecule has 1 aliphatic heterocycles. The van der Waals surface area contributed by atoms with Crippen molar-refractivity contribution in [2.45, 2.75) is 18.9 Å². The van der Waals surface area contributed by atoms with Crippen LogP contribution in [0.15, 0.2) is 76.3 Å². The van der Waals surface area contributed by atoms with Crippen molar-refractivity contribution in [1.29, 1.82) is 0 Å². The normalized spacial score (nSPS) is 14.5. The van der Waals surface area contributed by atoms with Crippen LogP contribution in [0.2, 0.25) is 5.02 Å². The number of hydrogen-bond acceptors (Lipinski definition) is 7. The van der Waals surface area contributed by atoms with Crippen LogP contribution >= 0.6 is 11.6 Å². The molecule has 5 aromatic rings. The Morgan fingerprint density at radius 1 is 1.08 bits per heavy atom. The molecule has 12 heteroatoms. The Hall–Kier alpha value is -4.77. The lowest BCUT2D eigenvalue weighted by molar-refractivity contribution is 0.209. The molecule has 0 aliphatic carbocycles. The summed E-state index contributed by atoms with van der Waals surface area (Å²) in [5.74, 6) is 0.577. The number of anilines is 1. The Kier molecular flexibility index (Phi) is 5.53. The van der Waals surface area contributed by atoms with Gasteiger partial charge in [0.25, 0.3) is 5.56 Å². The lowest BCUT2D eigenvalue weighted by atomic mass is 10.0. The van der Waals surface area contributed by atoms with Crippen LogP contribution in [0, 0.1) is 0 Å². The average Bonchev–Trinajstić information content (AvgIpc) is 3.65. The number of nitrogens with zero attached hydrogens (tertiary/aromatic N) is 6. The first-order valence-electron chi connectivity index (χ1n) is 11.3. The van der Waals surface area contributed by atoms with Crippen molar-refractivity contribution in [2.75, 3.05) is 5.32 Å². The highest BCUT2D eigenvalue weighted by atomic mass is 35.5. The molecule has 0 bridgehead atoms. The van der Waals surface area contributed by atoms with E-state index in [-0.39, 0.29) is 11.6 Å². The van der Waals surface area contributed by atoms with Crippen molar-refractivity contribution < 1.29 is 14.4 Å². The van der Waals surface area contributed by atoms with Gasteiger partial charge >= 0.3 is 6.09 Å². The van der Waals surface area contributed by atoms with E-state index < -0.39 is 6.09 Å². The molecule has 2 N–H and O–H groups in total. The van der Waals surface area contributed by atoms with Crippen LogP contribution in [0.25, 0.3) is 28.1 Å². The van der Waals surface area contributed by atoms with Crippen LogP contribution in [0.1, 0.15) is 23.9 Å². The van der Waals surface area contributed by atoms with Gasteiger partial charge in [-0.2, -0.15) is 4.68 Å². The van der Waals surface area contributed by atoms with Crippen LogP contribution in [-0.4, -0.2) is 41.1 Å². The molecule has 1 amide bonds. The molecular formula is C25H18ClN7O4. The first-order chi connectivity index (χ1) is 18.0. The van der Waals surface area contributed by atoms with E-state index in [1.165, 1.54) is 11.0 Å². The van der Waals surface area contributed by atoms with Gasteiger partial charge in [0.05, 0.1) is 11.7 Å². The first kappa shape index (κ1) is 22.7. The number of aromatic nitrogens is 6. The third-order valence-corrected chi connectivity index (χ3v) is 6.52. The maximum atomic E-state index is 13.3. The van der Waals surface area contributed by atoms with Crippen LogP contribution in [0.5, 0.6) is 0 Å². The molecule has 1 unspecified atom stereocenters. The minimum absolute atomic E-state index is 0.167. The van der Waals surface area contributed by atoms with Gasteiger partial charge in [-0.05, 0) is 65.2 Å². The zero-order valence-corrected chi connectivity index (χ0v) is 19.8. The monoisotopic (exact) mass is 515 g/mol. The van der Waals surface area contributed by atoms with Crippen LogP contribution in [-0.2, 0) is 6.42 Å². The predicted octanol–water partition coefficient (Wildman–Crippen LogP) is 4.42. The summed E-state index contributed by atoms with van der Waals surface area (Å²) in [6.45, 7) is 0. The van der Waals surface area contributed by atoms with Crippen molar-refractivity contribution in [3.8, 4) is 28.1 Å². The zero-order chi connectivity index (χ0) is 25.5. The molecule has 0 saturated carbocycles. The number of carbonyl (C=O) groups is 1. The minimum Gasteiger partial charge on any atom is -0.465 e. The third kappa shape index (κ3) is 4.25. The summed E-state index contributed by atoms with van der Waals surface area (Å²) in [5, 5.41) is 27.2. The second-order valence-corrected chi connectivity index (χ2v) is 8.97. The van der Waals surface area contributed by atoms with Gasteiger partial charge in [-0.15, -0.1) is 5.10 Å². The van der Waals surface area contributed by atoms with Crippen molar-refractivity contribution >= 4 is 23.4 Å². The van der Waals surface area contributed by atoms with Crippen LogP contribution in [0.4, 0.5) is 10.5 Å². The van der Waals surface area contributed by atoms with Crippen molar-refractivity contribution in [3.05, 3.63) is 93.8 Å². The number of nitrogens with one attached hydrogen (secondary N) is 1. The molecule has 4 heterocycles. The Morgan fingerprint density at radius 3 is 2.68 bits per heavy atom. The van der Waals surface area contributed by atoms with Gasteiger partial charge in [0, 0.05) is 39.7 Å². The Morgan fingerprint density at radius 2 is 1.92 bits per heavy atom. The molecule has 0 fully saturated rings. The van der Waals surface area contributed by atoms with Gasteiger partial charge in [0.1, 0.15) is 12.0 Å². The summed E-state index contributed by atoms with van der Waals surface area (Å²) in [7, 11) is 0. The van der Waals surface area contributed by atoms with E-state index in [9.17, 15) is 9.59 Å². The number of aryl methyl sites for hydroxylation is 1. The summed E-state index contributed by atoms with van der Waals surface area (Å²) < 4.78 is 8.90. The number of halogens is 1. The molecule has 0 radical (unpaired) electrons. The molecule has 0 spiro atoms. The second-order valence-electron chi connectivity index (χ2n) is 8.54. The molecule has 3 aromatic heterocycles. The molecule has 1 atom stereocenters. The number of carboxylic acid groups (broad SMARTS) is 1. The van der Waals surface area contributed by atoms with Gasteiger partial charge < -0.3 is 14.2 Å². The topological polar surface area (TPSA) is 141 Å². The fourth-order valence-corrected chi connectivity index (χ4v) is 4.83. The van der Waals surface area contributed by atoms with Crippen molar-refractivity contribution in [3.63, 3.8) is 0 Å². The molecule has 11 nitrogen and oxygen atoms in total. The van der Waals surface area contributed by atoms with E-state index >= 15 is 0 Å². The fourth-order valence-electron chi connectivity index (χ4n) is 4.66. The highest BCUT2D eigenvalue weighted by molar-refractivity contribution is 6.31. The van der Waals surface area contributed by atoms with Crippen molar-refractivity contribution in [1.82, 2.24) is 29.9 Å². The van der Waals surface area contributed by atoms with Gasteiger partial charge in [-0.3, -0.25) is 10.1 Å². The van der Waals surface area contributed by atoms with Gasteiger partial charge in [-0.1, -0.05) is 28.9 Å². The zero-order valence-electron chi connectivity index (χ0n) is 19.1. The van der Waals surface area contributed by atoms with Crippen LogP contribution in [0.3, 0.4) is 0 Å². The van der Waals surface area contributed by atoms with Gasteiger partial charge in [-0.25, -0.2) is 4.79 Å². The van der Waals surface area contributed by atoms with E-state index in [4.69, 9.17) is 21.2 Å². The van der Waals surface area contributed by atoms with Gasteiger partial charge in [0.15, 0.2) is 5.76 Å². The number of rotatable bonds is 5. The highest BCUT2D eigenvalue weighted by Gasteiger charge is 2.29. The molecular weight excluding hydrogens is 498 g/mol. The fraction of sp³-hybridized carbons (Fsp3) is 0.120. The molecule has 6 rings (SSSR count). The molecule has 184 valence electrons. The SMILES string of the molecule is O=C(O)Nc1ccc(-c2cc(C3CCc4cc(-c5cc(Cl)ccc5-n5cnnn5)cc(=O)n43)on2)cc1. The first-order valence-corrected chi connectivity index (χ1v) is 11.7. The van der Waals surface area contributed by atoms with E-state index in [0.29, 0.717) is 40.7 Å². The summed E-state index contributed by atoms with van der Waals surface area (Å²) >= 11 is 6.28. The Balaban J connectivity index is 1.32. The maximum Gasteiger partial charge on any atom is 0.409 e. The quantitative estimate of drug-likeness (QED) is 0.350. The lowest BCUT2D eigenvalue weighted by Gasteiger charge is -2.14. The maximum absolute atomic E-state index is 13.3. The lowest BCUT2D eigenvalue weighted by Crippen LogP contribution is -2.23. The predicted molar refractivity (Wildman–Crippen MR) is 134 cm³/mol. The third-order valence-electron chi connectivity index (χ3n) is 6.29. The highest BCUT2D eigenvalue weighted by Crippen LogP contribution is 2.35. The standard InChI is InChI=1S/C25H18ClN7O4/c26-16-3-7-21(32-13-27-30-31-32)19(11-16)15-9-18-6-8-22(33(18)24(34)10-15)23-12-20(29-37-23)14-1-4-17(5-2-14)28-25(35)36/h1-5,7,9-13,22,28H,6,8H2,(H,35,36). The minimum atomic E-state index is -1.13. The Bertz CT molecular complexity index is 1680. The Labute approximate surface area is 213 Å². The summed E-state index contributed by atoms with van der Waals surface area (Å²) in [6, 6.07) is 17.2. The van der Waals surface area contributed by atoms with E-state index in [1.807, 2.05) is 18.2 Å². The van der Waals surface area contributed by atoms with Gasteiger partial charge in [0.2, 0.25) is 0 Å². The average molecular weight is 516 g/mol. The number of benzene rings is 2. The number of pyridine rings is 1. The smallest absolute Gasteiger partial charge is 0.409 e. The number of tetrazole rings is 1. The van der Waals surface area contributed by atoms with Crippen molar-refractivity contribution in [2.24, 2.45) is 0 Å². The number of hydrogen-bond donors (Lipinski definition) is 2. The molecule has 1 aliphatic rings. The molecule has 37 heavy (non-hydrogen) atoms. The van der Waals surface area contributed by atoms with E-state index in [2.05, 4.69) is 26.0 Å². The molecule has 2 aromatic carbocycles. The van der Waals surface area contributed by atoms with E-state index in [1.54, 1.807) is 47.0 Å². The summed E-state index contributed by atoms with van der Waals surface area (Å²) in [5.41, 5.74) is 4.69. The number of amides is 1.